The lowest BCUT2D eigenvalue weighted by Crippen LogP contribution is -2.32. The molecule has 2 aromatic carbocycles. The Hall–Kier alpha value is -3.47. The Morgan fingerprint density at radius 3 is 2.21 bits per heavy atom. The van der Waals surface area contributed by atoms with E-state index in [1.165, 1.54) is 0 Å². The summed E-state index contributed by atoms with van der Waals surface area (Å²) in [5.41, 5.74) is 2.28. The normalized spacial score (nSPS) is 10.4. The molecule has 0 aliphatic carbocycles. The van der Waals surface area contributed by atoms with E-state index < -0.39 is 0 Å². The largest absolute Gasteiger partial charge is 0.351 e. The van der Waals surface area contributed by atoms with E-state index in [4.69, 9.17) is 0 Å². The second-order valence-electron chi connectivity index (χ2n) is 6.73. The molecular weight excluding hydrogens is 362 g/mol. The molecule has 0 spiro atoms. The Morgan fingerprint density at radius 2 is 1.52 bits per heavy atom. The lowest BCUT2D eigenvalue weighted by Gasteiger charge is -2.23. The van der Waals surface area contributed by atoms with Gasteiger partial charge in [0.15, 0.2) is 0 Å². The van der Waals surface area contributed by atoms with Gasteiger partial charge in [-0.2, -0.15) is 0 Å². The first-order chi connectivity index (χ1) is 14.2. The molecule has 148 valence electrons. The van der Waals surface area contributed by atoms with Crippen molar-refractivity contribution in [1.29, 1.82) is 0 Å². The van der Waals surface area contributed by atoms with Crippen molar-refractivity contribution in [3.05, 3.63) is 95.8 Å². The first-order valence-corrected chi connectivity index (χ1v) is 9.85. The number of para-hydroxylation sites is 1. The maximum atomic E-state index is 13.3. The predicted octanol–water partition coefficient (Wildman–Crippen LogP) is 4.46. The fourth-order valence-corrected chi connectivity index (χ4v) is 2.94. The number of amides is 2. The molecule has 0 aliphatic heterocycles. The summed E-state index contributed by atoms with van der Waals surface area (Å²) in [5.74, 6) is -0.509. The van der Waals surface area contributed by atoms with Crippen molar-refractivity contribution in [2.45, 2.75) is 26.3 Å². The molecule has 3 rings (SSSR count). The predicted molar refractivity (Wildman–Crippen MR) is 115 cm³/mol. The van der Waals surface area contributed by atoms with Crippen molar-refractivity contribution >= 4 is 17.5 Å². The van der Waals surface area contributed by atoms with Gasteiger partial charge in [0.05, 0.1) is 6.54 Å². The number of hydrogen-bond donors (Lipinski definition) is 1. The molecule has 5 nitrogen and oxygen atoms in total. The van der Waals surface area contributed by atoms with Crippen LogP contribution in [-0.4, -0.2) is 23.3 Å². The highest BCUT2D eigenvalue weighted by atomic mass is 16.2. The minimum absolute atomic E-state index is 0.243. The van der Waals surface area contributed by atoms with Crippen LogP contribution in [-0.2, 0) is 6.54 Å². The third kappa shape index (κ3) is 5.51. The number of hydrogen-bond acceptors (Lipinski definition) is 3. The van der Waals surface area contributed by atoms with Crippen LogP contribution in [0.4, 0.5) is 5.69 Å². The van der Waals surface area contributed by atoms with Crippen molar-refractivity contribution in [2.24, 2.45) is 0 Å². The first-order valence-electron chi connectivity index (χ1n) is 9.85. The minimum atomic E-state index is -0.262. The number of aromatic nitrogens is 1. The van der Waals surface area contributed by atoms with Crippen molar-refractivity contribution in [3.63, 3.8) is 0 Å². The van der Waals surface area contributed by atoms with Crippen LogP contribution in [0.3, 0.4) is 0 Å². The van der Waals surface area contributed by atoms with Crippen molar-refractivity contribution in [3.8, 4) is 0 Å². The van der Waals surface area contributed by atoms with Gasteiger partial charge in [-0.25, -0.2) is 4.98 Å². The van der Waals surface area contributed by atoms with E-state index in [2.05, 4.69) is 17.2 Å². The lowest BCUT2D eigenvalue weighted by molar-refractivity contribution is 0.0947. The number of rotatable bonds is 8. The molecule has 0 unspecified atom stereocenters. The summed E-state index contributed by atoms with van der Waals surface area (Å²) in [6.45, 7) is 3.08. The summed E-state index contributed by atoms with van der Waals surface area (Å²) in [5, 5.41) is 2.84. The Labute approximate surface area is 171 Å². The third-order valence-corrected chi connectivity index (χ3v) is 4.51. The lowest BCUT2D eigenvalue weighted by atomic mass is 10.1. The van der Waals surface area contributed by atoms with Crippen LogP contribution in [0.5, 0.6) is 0 Å². The number of carbonyl (C=O) groups excluding carboxylic acids is 2. The van der Waals surface area contributed by atoms with Crippen LogP contribution in [0.2, 0.25) is 0 Å². The van der Waals surface area contributed by atoms with E-state index in [1.807, 2.05) is 60.7 Å². The average Bonchev–Trinajstić information content (AvgIpc) is 2.78. The van der Waals surface area contributed by atoms with Crippen LogP contribution < -0.4 is 10.2 Å². The number of unbranched alkanes of at least 4 members (excludes halogenated alkanes) is 1. The molecule has 1 N–H and O–H groups in total. The number of benzene rings is 2. The monoisotopic (exact) mass is 387 g/mol. The van der Waals surface area contributed by atoms with Crippen molar-refractivity contribution in [1.82, 2.24) is 10.3 Å². The molecule has 0 bridgehead atoms. The third-order valence-electron chi connectivity index (χ3n) is 4.51. The number of nitrogens with one attached hydrogen (secondary N) is 1. The summed E-state index contributed by atoms with van der Waals surface area (Å²) in [6, 6.07) is 24.2. The highest BCUT2D eigenvalue weighted by Crippen LogP contribution is 2.19. The Morgan fingerprint density at radius 1 is 0.862 bits per heavy atom. The second-order valence-corrected chi connectivity index (χ2v) is 6.73. The summed E-state index contributed by atoms with van der Waals surface area (Å²) < 4.78 is 0. The highest BCUT2D eigenvalue weighted by molar-refractivity contribution is 6.05. The Balaban J connectivity index is 1.86. The van der Waals surface area contributed by atoms with E-state index in [0.717, 1.165) is 24.1 Å². The van der Waals surface area contributed by atoms with E-state index >= 15 is 0 Å². The van der Waals surface area contributed by atoms with Gasteiger partial charge in [0.2, 0.25) is 0 Å². The fourth-order valence-electron chi connectivity index (χ4n) is 2.94. The van der Waals surface area contributed by atoms with Gasteiger partial charge >= 0.3 is 0 Å². The summed E-state index contributed by atoms with van der Waals surface area (Å²) >= 11 is 0. The number of nitrogens with zero attached hydrogens (tertiary/aromatic N) is 2. The second kappa shape index (κ2) is 10.2. The number of anilines is 1. The average molecular weight is 387 g/mol. The molecule has 5 heteroatoms. The smallest absolute Gasteiger partial charge is 0.277 e. The molecule has 0 atom stereocenters. The number of pyridine rings is 1. The topological polar surface area (TPSA) is 62.3 Å². The zero-order valence-electron chi connectivity index (χ0n) is 16.5. The maximum absolute atomic E-state index is 13.3. The molecule has 3 aromatic rings. The van der Waals surface area contributed by atoms with Crippen LogP contribution in [0.1, 0.15) is 46.3 Å². The minimum Gasteiger partial charge on any atom is -0.351 e. The molecule has 2 amide bonds. The summed E-state index contributed by atoms with van der Waals surface area (Å²) in [6.07, 6.45) is 1.90. The van der Waals surface area contributed by atoms with Gasteiger partial charge in [-0.3, -0.25) is 9.59 Å². The van der Waals surface area contributed by atoms with Gasteiger partial charge in [0.25, 0.3) is 11.8 Å². The van der Waals surface area contributed by atoms with E-state index in [0.29, 0.717) is 13.1 Å². The van der Waals surface area contributed by atoms with Crippen LogP contribution in [0.25, 0.3) is 0 Å². The van der Waals surface area contributed by atoms with Gasteiger partial charge in [0, 0.05) is 12.2 Å². The molecule has 1 aromatic heterocycles. The Kier molecular flexibility index (Phi) is 7.11. The fraction of sp³-hybridized carbons (Fsp3) is 0.208. The van der Waals surface area contributed by atoms with Crippen molar-refractivity contribution < 1.29 is 9.59 Å². The van der Waals surface area contributed by atoms with Gasteiger partial charge < -0.3 is 10.2 Å². The molecule has 0 aliphatic rings. The highest BCUT2D eigenvalue weighted by Gasteiger charge is 2.20. The number of carbonyl (C=O) groups is 2. The standard InChI is InChI=1S/C24H25N3O2/c1-2-3-17-25-23(28)21-15-10-16-22(26-21)24(29)27(20-13-8-5-9-14-20)18-19-11-6-4-7-12-19/h4-16H,2-3,17-18H2,1H3,(H,25,28). The molecule has 0 saturated carbocycles. The van der Waals surface area contributed by atoms with E-state index in [1.54, 1.807) is 23.1 Å². The zero-order valence-corrected chi connectivity index (χ0v) is 16.5. The SMILES string of the molecule is CCCCNC(=O)c1cccc(C(=O)N(Cc2ccccc2)c2ccccc2)n1. The van der Waals surface area contributed by atoms with E-state index in [9.17, 15) is 9.59 Å². The molecule has 0 fully saturated rings. The quantitative estimate of drug-likeness (QED) is 0.581. The molecule has 1 heterocycles. The van der Waals surface area contributed by atoms with Gasteiger partial charge in [-0.05, 0) is 36.2 Å². The molecule has 0 saturated heterocycles. The summed E-state index contributed by atoms with van der Waals surface area (Å²) in [7, 11) is 0. The summed E-state index contributed by atoms with van der Waals surface area (Å²) in [4.78, 5) is 31.7. The van der Waals surface area contributed by atoms with Crippen molar-refractivity contribution in [2.75, 3.05) is 11.4 Å². The molecular formula is C24H25N3O2. The van der Waals surface area contributed by atoms with Crippen LogP contribution in [0, 0.1) is 0 Å². The van der Waals surface area contributed by atoms with Crippen LogP contribution in [0.15, 0.2) is 78.9 Å². The zero-order chi connectivity index (χ0) is 20.5. The van der Waals surface area contributed by atoms with Gasteiger partial charge in [-0.1, -0.05) is 67.9 Å². The first kappa shape index (κ1) is 20.3. The molecule has 29 heavy (non-hydrogen) atoms. The van der Waals surface area contributed by atoms with Gasteiger partial charge in [-0.15, -0.1) is 0 Å². The van der Waals surface area contributed by atoms with Crippen LogP contribution >= 0.6 is 0 Å². The van der Waals surface area contributed by atoms with Gasteiger partial charge in [0.1, 0.15) is 11.4 Å². The van der Waals surface area contributed by atoms with E-state index in [-0.39, 0.29) is 23.2 Å². The maximum Gasteiger partial charge on any atom is 0.277 e. The molecule has 0 radical (unpaired) electrons. The Bertz CT molecular complexity index is 943.